The topological polar surface area (TPSA) is 52.5 Å². The summed E-state index contributed by atoms with van der Waals surface area (Å²) >= 11 is 0. The lowest BCUT2D eigenvalue weighted by Crippen LogP contribution is -1.94. The van der Waals surface area contributed by atoms with Crippen LogP contribution in [-0.4, -0.2) is 15.9 Å². The monoisotopic (exact) mass is 153 g/mol. The molecule has 0 bridgehead atoms. The number of nitrogens with one attached hydrogen (secondary N) is 2. The van der Waals surface area contributed by atoms with Gasteiger partial charge in [0.15, 0.2) is 0 Å². The molecule has 1 aromatic rings. The number of rotatable bonds is 1. The highest BCUT2D eigenvalue weighted by molar-refractivity contribution is 5.95. The van der Waals surface area contributed by atoms with Crippen LogP contribution < -0.4 is 0 Å². The maximum atomic E-state index is 7.22. The quantitative estimate of drug-likeness (QED) is 0.596. The van der Waals surface area contributed by atoms with E-state index in [2.05, 4.69) is 10.2 Å². The Morgan fingerprint density at radius 2 is 2.09 bits per heavy atom. The third-order valence-electron chi connectivity index (χ3n) is 1.20. The molecule has 0 unspecified atom stereocenters. The van der Waals surface area contributed by atoms with Gasteiger partial charge in [0.2, 0.25) is 0 Å². The van der Waals surface area contributed by atoms with Crippen molar-refractivity contribution in [1.29, 1.82) is 5.41 Å². The van der Waals surface area contributed by atoms with E-state index in [0.717, 1.165) is 11.3 Å². The average Bonchev–Trinajstić information content (AvgIpc) is 2.39. The van der Waals surface area contributed by atoms with Crippen molar-refractivity contribution in [3.05, 3.63) is 17.5 Å². The van der Waals surface area contributed by atoms with Gasteiger partial charge < -0.3 is 5.41 Å². The SMILES string of the molecule is CC.CC(=N)c1[nH]ncc1C. The van der Waals surface area contributed by atoms with E-state index in [0.29, 0.717) is 5.71 Å². The van der Waals surface area contributed by atoms with Gasteiger partial charge in [0.05, 0.1) is 17.6 Å². The van der Waals surface area contributed by atoms with Crippen molar-refractivity contribution in [2.45, 2.75) is 27.7 Å². The minimum Gasteiger partial charge on any atom is -0.303 e. The second kappa shape index (κ2) is 4.66. The molecular formula is C8H15N3. The molecule has 3 nitrogen and oxygen atoms in total. The molecule has 2 N–H and O–H groups in total. The lowest BCUT2D eigenvalue weighted by Gasteiger charge is -1.90. The molecule has 11 heavy (non-hydrogen) atoms. The predicted molar refractivity (Wildman–Crippen MR) is 47.2 cm³/mol. The van der Waals surface area contributed by atoms with Crippen LogP contribution in [0.1, 0.15) is 32.0 Å². The Morgan fingerprint density at radius 3 is 2.27 bits per heavy atom. The molecule has 0 saturated heterocycles. The third kappa shape index (κ3) is 2.53. The van der Waals surface area contributed by atoms with Crippen molar-refractivity contribution in [2.75, 3.05) is 0 Å². The molecule has 0 fully saturated rings. The summed E-state index contributed by atoms with van der Waals surface area (Å²) in [5.74, 6) is 0. The van der Waals surface area contributed by atoms with E-state index in [9.17, 15) is 0 Å². The summed E-state index contributed by atoms with van der Waals surface area (Å²) < 4.78 is 0. The Labute approximate surface area is 67.3 Å². The number of aromatic amines is 1. The number of nitrogens with zero attached hydrogens (tertiary/aromatic N) is 1. The standard InChI is InChI=1S/C6H9N3.C2H6/c1-4-3-8-9-6(4)5(2)7;1-2/h3,7H,1-2H3,(H,8,9);1-2H3. The molecule has 1 rings (SSSR count). The lowest BCUT2D eigenvalue weighted by molar-refractivity contribution is 1.07. The summed E-state index contributed by atoms with van der Waals surface area (Å²) in [7, 11) is 0. The summed E-state index contributed by atoms with van der Waals surface area (Å²) in [6.07, 6.45) is 1.72. The second-order valence-electron chi connectivity index (χ2n) is 2.05. The molecule has 0 spiro atoms. The molecule has 0 atom stereocenters. The fraction of sp³-hybridized carbons (Fsp3) is 0.500. The normalized spacial score (nSPS) is 8.36. The zero-order chi connectivity index (χ0) is 8.85. The van der Waals surface area contributed by atoms with Gasteiger partial charge in [-0.3, -0.25) is 5.10 Å². The molecule has 1 heterocycles. The maximum absolute atomic E-state index is 7.22. The van der Waals surface area contributed by atoms with Gasteiger partial charge in [-0.05, 0) is 19.4 Å². The maximum Gasteiger partial charge on any atom is 0.0811 e. The molecular weight excluding hydrogens is 138 g/mol. The van der Waals surface area contributed by atoms with E-state index in [1.54, 1.807) is 13.1 Å². The van der Waals surface area contributed by atoms with Crippen molar-refractivity contribution < 1.29 is 0 Å². The summed E-state index contributed by atoms with van der Waals surface area (Å²) in [4.78, 5) is 0. The van der Waals surface area contributed by atoms with Crippen molar-refractivity contribution in [3.63, 3.8) is 0 Å². The Kier molecular flexibility index (Phi) is 4.18. The third-order valence-corrected chi connectivity index (χ3v) is 1.20. The Hall–Kier alpha value is -1.12. The number of aromatic nitrogens is 2. The Balaban J connectivity index is 0.000000461. The van der Waals surface area contributed by atoms with E-state index in [1.807, 2.05) is 20.8 Å². The van der Waals surface area contributed by atoms with Crippen LogP contribution in [0.2, 0.25) is 0 Å². The van der Waals surface area contributed by atoms with Crippen LogP contribution in [0.5, 0.6) is 0 Å². The molecule has 0 aliphatic rings. The molecule has 0 aliphatic carbocycles. The molecule has 0 aromatic carbocycles. The van der Waals surface area contributed by atoms with E-state index >= 15 is 0 Å². The number of H-pyrrole nitrogens is 1. The van der Waals surface area contributed by atoms with E-state index in [1.165, 1.54) is 0 Å². The summed E-state index contributed by atoms with van der Waals surface area (Å²) in [5, 5.41) is 13.7. The number of aryl methyl sites for hydroxylation is 1. The van der Waals surface area contributed by atoms with Gasteiger partial charge in [-0.1, -0.05) is 13.8 Å². The molecule has 1 aromatic heterocycles. The Bertz CT molecular complexity index is 225. The minimum absolute atomic E-state index is 0.532. The van der Waals surface area contributed by atoms with E-state index in [-0.39, 0.29) is 0 Å². The van der Waals surface area contributed by atoms with Gasteiger partial charge in [0.1, 0.15) is 0 Å². The van der Waals surface area contributed by atoms with Gasteiger partial charge in [-0.15, -0.1) is 0 Å². The molecule has 62 valence electrons. The van der Waals surface area contributed by atoms with E-state index < -0.39 is 0 Å². The predicted octanol–water partition coefficient (Wildman–Crippen LogP) is 2.13. The smallest absolute Gasteiger partial charge is 0.0811 e. The van der Waals surface area contributed by atoms with Gasteiger partial charge in [-0.2, -0.15) is 5.10 Å². The van der Waals surface area contributed by atoms with Crippen LogP contribution in [0.15, 0.2) is 6.20 Å². The van der Waals surface area contributed by atoms with Crippen molar-refractivity contribution in [1.82, 2.24) is 10.2 Å². The highest BCUT2D eigenvalue weighted by atomic mass is 15.1. The first-order valence-corrected chi connectivity index (χ1v) is 3.77. The minimum atomic E-state index is 0.532. The largest absolute Gasteiger partial charge is 0.303 e. The summed E-state index contributed by atoms with van der Waals surface area (Å²) in [6.45, 7) is 7.66. The van der Waals surface area contributed by atoms with Crippen molar-refractivity contribution >= 4 is 5.71 Å². The number of hydrogen-bond donors (Lipinski definition) is 2. The lowest BCUT2D eigenvalue weighted by atomic mass is 10.2. The first-order chi connectivity index (χ1) is 5.22. The fourth-order valence-electron chi connectivity index (χ4n) is 0.726. The fourth-order valence-corrected chi connectivity index (χ4v) is 0.726. The van der Waals surface area contributed by atoms with Crippen LogP contribution in [0.3, 0.4) is 0 Å². The highest BCUT2D eigenvalue weighted by Crippen LogP contribution is 2.01. The zero-order valence-electron chi connectivity index (χ0n) is 7.52. The first kappa shape index (κ1) is 9.88. The van der Waals surface area contributed by atoms with E-state index in [4.69, 9.17) is 5.41 Å². The summed E-state index contributed by atoms with van der Waals surface area (Å²) in [5.41, 5.74) is 2.39. The second-order valence-corrected chi connectivity index (χ2v) is 2.05. The Morgan fingerprint density at radius 1 is 1.55 bits per heavy atom. The zero-order valence-corrected chi connectivity index (χ0v) is 7.52. The molecule has 0 saturated carbocycles. The first-order valence-electron chi connectivity index (χ1n) is 3.77. The van der Waals surface area contributed by atoms with Crippen LogP contribution in [0.4, 0.5) is 0 Å². The van der Waals surface area contributed by atoms with Crippen LogP contribution in [0, 0.1) is 12.3 Å². The van der Waals surface area contributed by atoms with Gasteiger partial charge in [-0.25, -0.2) is 0 Å². The number of hydrogen-bond acceptors (Lipinski definition) is 2. The molecule has 3 heteroatoms. The average molecular weight is 153 g/mol. The van der Waals surface area contributed by atoms with Crippen LogP contribution >= 0.6 is 0 Å². The molecule has 0 radical (unpaired) electrons. The van der Waals surface area contributed by atoms with Gasteiger partial charge in [0.25, 0.3) is 0 Å². The molecule has 0 aliphatic heterocycles. The van der Waals surface area contributed by atoms with Crippen molar-refractivity contribution in [2.24, 2.45) is 0 Å². The van der Waals surface area contributed by atoms with Crippen LogP contribution in [0.25, 0.3) is 0 Å². The van der Waals surface area contributed by atoms with Crippen molar-refractivity contribution in [3.8, 4) is 0 Å². The van der Waals surface area contributed by atoms with Gasteiger partial charge >= 0.3 is 0 Å². The van der Waals surface area contributed by atoms with Gasteiger partial charge in [0, 0.05) is 0 Å². The molecule has 0 amide bonds. The van der Waals surface area contributed by atoms with Crippen LogP contribution in [-0.2, 0) is 0 Å². The highest BCUT2D eigenvalue weighted by Gasteiger charge is 1.99. The summed E-state index contributed by atoms with van der Waals surface area (Å²) in [6, 6.07) is 0.